The summed E-state index contributed by atoms with van der Waals surface area (Å²) in [4.78, 5) is 22.5. The van der Waals surface area contributed by atoms with E-state index in [2.05, 4.69) is 0 Å². The van der Waals surface area contributed by atoms with Crippen LogP contribution in [0.1, 0.15) is 10.4 Å². The molecular formula is C15H15NO4. The van der Waals surface area contributed by atoms with Gasteiger partial charge in [0.15, 0.2) is 17.8 Å². The molecule has 0 N–H and O–H groups in total. The molecule has 5 nitrogen and oxygen atoms in total. The van der Waals surface area contributed by atoms with Gasteiger partial charge in [-0.2, -0.15) is 0 Å². The Bertz CT molecular complexity index is 648. The number of hydrogen-bond donors (Lipinski definition) is 0. The molecule has 0 bridgehead atoms. The highest BCUT2D eigenvalue weighted by Crippen LogP contribution is 2.29. The molecule has 1 heterocycles. The standard InChI is InChI=1S/C15H15NO4/c1-19-13-6-4-5-12(11-17)15(13)20-10-9-16-8-3-2-7-14(16)18/h2-8,11H,9-10H2,1H3. The molecule has 0 unspecified atom stereocenters. The molecule has 1 aromatic heterocycles. The van der Waals surface area contributed by atoms with Gasteiger partial charge in [0, 0.05) is 12.3 Å². The van der Waals surface area contributed by atoms with Gasteiger partial charge in [-0.1, -0.05) is 12.1 Å². The van der Waals surface area contributed by atoms with Crippen molar-refractivity contribution in [3.05, 3.63) is 58.5 Å². The van der Waals surface area contributed by atoms with Crippen molar-refractivity contribution in [2.24, 2.45) is 0 Å². The number of hydrogen-bond acceptors (Lipinski definition) is 4. The van der Waals surface area contributed by atoms with E-state index in [-0.39, 0.29) is 12.2 Å². The third-order valence-electron chi connectivity index (χ3n) is 2.83. The van der Waals surface area contributed by atoms with Crippen LogP contribution in [-0.2, 0) is 6.54 Å². The summed E-state index contributed by atoms with van der Waals surface area (Å²) in [7, 11) is 1.51. The Kier molecular flexibility index (Phi) is 4.55. The van der Waals surface area contributed by atoms with Crippen LogP contribution >= 0.6 is 0 Å². The number of benzene rings is 1. The largest absolute Gasteiger partial charge is 0.493 e. The van der Waals surface area contributed by atoms with Crippen molar-refractivity contribution in [3.63, 3.8) is 0 Å². The smallest absolute Gasteiger partial charge is 0.250 e. The van der Waals surface area contributed by atoms with Crippen LogP contribution in [0, 0.1) is 0 Å². The minimum Gasteiger partial charge on any atom is -0.493 e. The summed E-state index contributed by atoms with van der Waals surface area (Å²) >= 11 is 0. The Morgan fingerprint density at radius 3 is 2.75 bits per heavy atom. The Balaban J connectivity index is 2.10. The highest BCUT2D eigenvalue weighted by Gasteiger charge is 2.09. The molecule has 2 aromatic rings. The zero-order valence-corrected chi connectivity index (χ0v) is 11.1. The van der Waals surface area contributed by atoms with Crippen molar-refractivity contribution in [2.45, 2.75) is 6.54 Å². The SMILES string of the molecule is COc1cccc(C=O)c1OCCn1ccccc1=O. The van der Waals surface area contributed by atoms with Gasteiger partial charge >= 0.3 is 0 Å². The number of carbonyl (C=O) groups is 1. The number of rotatable bonds is 6. The van der Waals surface area contributed by atoms with Crippen molar-refractivity contribution in [2.75, 3.05) is 13.7 Å². The second-order valence-electron chi connectivity index (χ2n) is 4.08. The molecule has 20 heavy (non-hydrogen) atoms. The fourth-order valence-electron chi connectivity index (χ4n) is 1.83. The Morgan fingerprint density at radius 1 is 1.20 bits per heavy atom. The molecule has 0 aliphatic rings. The van der Waals surface area contributed by atoms with E-state index < -0.39 is 0 Å². The summed E-state index contributed by atoms with van der Waals surface area (Å²) in [6.45, 7) is 0.668. The average molecular weight is 273 g/mol. The summed E-state index contributed by atoms with van der Waals surface area (Å²) in [5.41, 5.74) is 0.330. The third kappa shape index (κ3) is 3.06. The highest BCUT2D eigenvalue weighted by atomic mass is 16.5. The molecule has 0 aliphatic heterocycles. The van der Waals surface area contributed by atoms with E-state index in [0.717, 1.165) is 0 Å². The number of carbonyl (C=O) groups excluding carboxylic acids is 1. The fourth-order valence-corrected chi connectivity index (χ4v) is 1.83. The van der Waals surface area contributed by atoms with Gasteiger partial charge in [0.25, 0.3) is 5.56 Å². The van der Waals surface area contributed by atoms with Crippen molar-refractivity contribution in [3.8, 4) is 11.5 Å². The lowest BCUT2D eigenvalue weighted by Crippen LogP contribution is -2.21. The zero-order valence-electron chi connectivity index (χ0n) is 11.1. The first-order chi connectivity index (χ1) is 9.76. The van der Waals surface area contributed by atoms with Gasteiger partial charge in [-0.15, -0.1) is 0 Å². The molecule has 0 saturated heterocycles. The van der Waals surface area contributed by atoms with Crippen molar-refractivity contribution in [1.29, 1.82) is 0 Å². The van der Waals surface area contributed by atoms with Crippen LogP contribution in [0.5, 0.6) is 11.5 Å². The molecule has 0 amide bonds. The van der Waals surface area contributed by atoms with Crippen LogP contribution < -0.4 is 15.0 Å². The van der Waals surface area contributed by atoms with Crippen LogP contribution in [-0.4, -0.2) is 24.6 Å². The maximum Gasteiger partial charge on any atom is 0.250 e. The van der Waals surface area contributed by atoms with E-state index in [1.54, 1.807) is 36.5 Å². The number of para-hydroxylation sites is 1. The van der Waals surface area contributed by atoms with Gasteiger partial charge in [0.1, 0.15) is 6.61 Å². The number of methoxy groups -OCH3 is 1. The summed E-state index contributed by atoms with van der Waals surface area (Å²) in [5, 5.41) is 0. The lowest BCUT2D eigenvalue weighted by Gasteiger charge is -2.13. The second-order valence-corrected chi connectivity index (χ2v) is 4.08. The van der Waals surface area contributed by atoms with Gasteiger partial charge < -0.3 is 14.0 Å². The molecule has 0 atom stereocenters. The van der Waals surface area contributed by atoms with Gasteiger partial charge in [0.2, 0.25) is 0 Å². The lowest BCUT2D eigenvalue weighted by molar-refractivity contribution is 0.111. The van der Waals surface area contributed by atoms with E-state index in [4.69, 9.17) is 9.47 Å². The summed E-state index contributed by atoms with van der Waals surface area (Å²) in [5.74, 6) is 0.893. The van der Waals surface area contributed by atoms with Crippen LogP contribution in [0.2, 0.25) is 0 Å². The van der Waals surface area contributed by atoms with Gasteiger partial charge in [0.05, 0.1) is 19.2 Å². The van der Waals surface area contributed by atoms with Crippen molar-refractivity contribution in [1.82, 2.24) is 4.57 Å². The monoisotopic (exact) mass is 273 g/mol. The molecule has 5 heteroatoms. The van der Waals surface area contributed by atoms with E-state index in [1.165, 1.54) is 17.7 Å². The van der Waals surface area contributed by atoms with E-state index in [9.17, 15) is 9.59 Å². The molecule has 0 aliphatic carbocycles. The van der Waals surface area contributed by atoms with Crippen LogP contribution in [0.15, 0.2) is 47.4 Å². The number of pyridine rings is 1. The average Bonchev–Trinajstić information content (AvgIpc) is 2.49. The lowest BCUT2D eigenvalue weighted by atomic mass is 10.2. The first-order valence-electron chi connectivity index (χ1n) is 6.16. The summed E-state index contributed by atoms with van der Waals surface area (Å²) < 4.78 is 12.3. The van der Waals surface area contributed by atoms with Gasteiger partial charge in [-0.05, 0) is 18.2 Å². The van der Waals surface area contributed by atoms with Crippen molar-refractivity contribution < 1.29 is 14.3 Å². The van der Waals surface area contributed by atoms with Crippen molar-refractivity contribution >= 4 is 6.29 Å². The van der Waals surface area contributed by atoms with Gasteiger partial charge in [-0.25, -0.2) is 0 Å². The van der Waals surface area contributed by atoms with Crippen LogP contribution in [0.25, 0.3) is 0 Å². The third-order valence-corrected chi connectivity index (χ3v) is 2.83. The fraction of sp³-hybridized carbons (Fsp3) is 0.200. The van der Waals surface area contributed by atoms with E-state index >= 15 is 0 Å². The maximum atomic E-state index is 11.5. The second kappa shape index (κ2) is 6.56. The topological polar surface area (TPSA) is 57.5 Å². The Morgan fingerprint density at radius 2 is 2.05 bits per heavy atom. The molecule has 0 spiro atoms. The minimum atomic E-state index is -0.0910. The normalized spacial score (nSPS) is 10.1. The molecular weight excluding hydrogens is 258 g/mol. The zero-order chi connectivity index (χ0) is 14.4. The summed E-state index contributed by atoms with van der Waals surface area (Å²) in [6, 6.07) is 10.0. The van der Waals surface area contributed by atoms with Crippen LogP contribution in [0.4, 0.5) is 0 Å². The maximum absolute atomic E-state index is 11.5. The molecule has 1 aromatic carbocycles. The predicted octanol–water partition coefficient (Wildman–Crippen LogP) is 1.75. The molecule has 0 fully saturated rings. The number of aromatic nitrogens is 1. The molecule has 0 saturated carbocycles. The first kappa shape index (κ1) is 13.9. The molecule has 0 radical (unpaired) electrons. The van der Waals surface area contributed by atoms with Gasteiger partial charge in [-0.3, -0.25) is 9.59 Å². The minimum absolute atomic E-state index is 0.0910. The quantitative estimate of drug-likeness (QED) is 0.752. The first-order valence-corrected chi connectivity index (χ1v) is 6.16. The van der Waals surface area contributed by atoms with E-state index in [0.29, 0.717) is 29.9 Å². The Labute approximate surface area is 116 Å². The highest BCUT2D eigenvalue weighted by molar-refractivity contribution is 5.81. The molecule has 104 valence electrons. The predicted molar refractivity (Wildman–Crippen MR) is 74.6 cm³/mol. The number of nitrogens with zero attached hydrogens (tertiary/aromatic N) is 1. The summed E-state index contributed by atoms with van der Waals surface area (Å²) in [6.07, 6.45) is 2.40. The van der Waals surface area contributed by atoms with E-state index in [1.807, 2.05) is 0 Å². The number of ether oxygens (including phenoxy) is 2. The Hall–Kier alpha value is -2.56. The van der Waals surface area contributed by atoms with Crippen LogP contribution in [0.3, 0.4) is 0 Å². The molecule has 2 rings (SSSR count). The number of aldehydes is 1.